The number of fused-ring (bicyclic) bond motifs is 1. The molecule has 1 aliphatic rings. The van der Waals surface area contributed by atoms with Gasteiger partial charge in [0.1, 0.15) is 5.82 Å². The smallest absolute Gasteiger partial charge is 0.312 e. The van der Waals surface area contributed by atoms with Gasteiger partial charge in [0.2, 0.25) is 5.75 Å². The Morgan fingerprint density at radius 2 is 2.03 bits per heavy atom. The molecule has 3 aromatic rings. The Bertz CT molecular complexity index is 1450. The quantitative estimate of drug-likeness (QED) is 0.192. The van der Waals surface area contributed by atoms with Crippen LogP contribution in [0.4, 0.5) is 5.69 Å². The second-order valence-electron chi connectivity index (χ2n) is 8.54. The molecule has 38 heavy (non-hydrogen) atoms. The van der Waals surface area contributed by atoms with Crippen molar-refractivity contribution in [1.29, 1.82) is 0 Å². The second kappa shape index (κ2) is 12.6. The van der Waals surface area contributed by atoms with E-state index in [1.54, 1.807) is 23.1 Å². The molecule has 0 radical (unpaired) electrons. The summed E-state index contributed by atoms with van der Waals surface area (Å²) in [4.78, 5) is 43.2. The van der Waals surface area contributed by atoms with E-state index < -0.39 is 4.92 Å². The van der Waals surface area contributed by atoms with E-state index in [1.807, 2.05) is 13.0 Å². The molecule has 1 saturated heterocycles. The Hall–Kier alpha value is -3.16. The Balaban J connectivity index is 1.65. The first kappa shape index (κ1) is 27.9. The van der Waals surface area contributed by atoms with Gasteiger partial charge in [0, 0.05) is 35.6 Å². The predicted molar refractivity (Wildman–Crippen MR) is 149 cm³/mol. The minimum Gasteiger partial charge on any atom is -0.476 e. The largest absolute Gasteiger partial charge is 0.476 e. The average molecular weight is 651 g/mol. The van der Waals surface area contributed by atoms with Crippen molar-refractivity contribution >= 4 is 60.6 Å². The molecular formula is C25H25Br2N5O6. The van der Waals surface area contributed by atoms with Crippen LogP contribution in [0.2, 0.25) is 0 Å². The highest BCUT2D eigenvalue weighted by molar-refractivity contribution is 9.10. The number of carbonyl (C=O) groups is 1. The number of benzene rings is 2. The van der Waals surface area contributed by atoms with Crippen molar-refractivity contribution in [1.82, 2.24) is 14.6 Å². The number of rotatable bonds is 9. The predicted octanol–water partition coefficient (Wildman–Crippen LogP) is 4.29. The fourth-order valence-electron chi connectivity index (χ4n) is 3.93. The highest BCUT2D eigenvalue weighted by Crippen LogP contribution is 2.36. The van der Waals surface area contributed by atoms with Crippen molar-refractivity contribution in [3.8, 4) is 5.75 Å². The number of nitro benzene ring substituents is 1. The van der Waals surface area contributed by atoms with Gasteiger partial charge in [-0.05, 0) is 46.6 Å². The van der Waals surface area contributed by atoms with Crippen LogP contribution < -0.4 is 10.3 Å². The molecule has 11 nitrogen and oxygen atoms in total. The van der Waals surface area contributed by atoms with Crippen LogP contribution in [0.25, 0.3) is 10.9 Å². The molecule has 1 amide bonds. The standard InChI is InChI=1S/C25H25Br2N5O6/c1-2-3-4-22-29-20-6-5-17(26)13-18(20)25(34)31(22)28-14-16-11-19(27)24(21(12-16)32(35)36)38-15-23(33)30-7-9-37-10-8-30/h5-6,11-14H,2-4,7-10,15H2,1H3. The number of amides is 1. The third kappa shape index (κ3) is 6.45. The first-order chi connectivity index (χ1) is 18.3. The zero-order chi connectivity index (χ0) is 27.2. The van der Waals surface area contributed by atoms with Crippen molar-refractivity contribution in [3.63, 3.8) is 0 Å². The van der Waals surface area contributed by atoms with Crippen LogP contribution in [0.3, 0.4) is 0 Å². The van der Waals surface area contributed by atoms with Crippen molar-refractivity contribution in [2.75, 3.05) is 32.9 Å². The molecule has 0 atom stereocenters. The molecule has 1 aliphatic heterocycles. The minimum atomic E-state index is -0.593. The highest BCUT2D eigenvalue weighted by Gasteiger charge is 2.23. The number of ether oxygens (including phenoxy) is 2. The van der Waals surface area contributed by atoms with Crippen LogP contribution in [-0.4, -0.2) is 64.5 Å². The molecule has 13 heteroatoms. The van der Waals surface area contributed by atoms with Gasteiger partial charge in [0.25, 0.3) is 11.5 Å². The number of aryl methyl sites for hydroxylation is 1. The van der Waals surface area contributed by atoms with Gasteiger partial charge in [0.05, 0.1) is 39.7 Å². The summed E-state index contributed by atoms with van der Waals surface area (Å²) in [6.07, 6.45) is 3.63. The van der Waals surface area contributed by atoms with Crippen molar-refractivity contribution in [2.45, 2.75) is 26.2 Å². The van der Waals surface area contributed by atoms with Crippen LogP contribution in [0.15, 0.2) is 49.2 Å². The van der Waals surface area contributed by atoms with Gasteiger partial charge < -0.3 is 14.4 Å². The molecule has 0 unspecified atom stereocenters. The number of halogens is 2. The van der Waals surface area contributed by atoms with Crippen LogP contribution in [0, 0.1) is 10.1 Å². The molecule has 0 aliphatic carbocycles. The maximum absolute atomic E-state index is 13.3. The molecule has 0 bridgehead atoms. The number of nitrogens with zero attached hydrogens (tertiary/aromatic N) is 5. The zero-order valence-electron chi connectivity index (χ0n) is 20.6. The Labute approximate surface area is 234 Å². The molecule has 1 fully saturated rings. The molecule has 2 aromatic carbocycles. The lowest BCUT2D eigenvalue weighted by molar-refractivity contribution is -0.385. The third-order valence-corrected chi connectivity index (χ3v) is 6.98. The average Bonchev–Trinajstić information content (AvgIpc) is 2.91. The number of nitro groups is 1. The maximum Gasteiger partial charge on any atom is 0.312 e. The summed E-state index contributed by atoms with van der Waals surface area (Å²) < 4.78 is 13.1. The van der Waals surface area contributed by atoms with Gasteiger partial charge in [-0.1, -0.05) is 29.3 Å². The van der Waals surface area contributed by atoms with E-state index in [-0.39, 0.29) is 34.0 Å². The molecule has 0 saturated carbocycles. The molecule has 0 N–H and O–H groups in total. The molecule has 4 rings (SSSR count). The van der Waals surface area contributed by atoms with Gasteiger partial charge in [0.15, 0.2) is 6.61 Å². The summed E-state index contributed by atoms with van der Waals surface area (Å²) in [5.41, 5.74) is 0.254. The summed E-state index contributed by atoms with van der Waals surface area (Å²) >= 11 is 6.70. The maximum atomic E-state index is 13.3. The summed E-state index contributed by atoms with van der Waals surface area (Å²) in [5, 5.41) is 16.6. The van der Waals surface area contributed by atoms with E-state index in [1.165, 1.54) is 17.0 Å². The summed E-state index contributed by atoms with van der Waals surface area (Å²) in [5.74, 6) is 0.152. The SMILES string of the molecule is CCCCc1nc2ccc(Br)cc2c(=O)n1N=Cc1cc(Br)c(OCC(=O)N2CCOCC2)c([N+](=O)[O-])c1. The van der Waals surface area contributed by atoms with Crippen LogP contribution in [0.5, 0.6) is 5.75 Å². The fraction of sp³-hybridized carbons (Fsp3) is 0.360. The normalized spacial score (nSPS) is 13.8. The van der Waals surface area contributed by atoms with Crippen LogP contribution in [-0.2, 0) is 16.0 Å². The lowest BCUT2D eigenvalue weighted by Crippen LogP contribution is -2.43. The number of morpholine rings is 1. The Morgan fingerprint density at radius 1 is 1.26 bits per heavy atom. The first-order valence-electron chi connectivity index (χ1n) is 12.0. The van der Waals surface area contributed by atoms with E-state index in [2.05, 4.69) is 41.9 Å². The van der Waals surface area contributed by atoms with Gasteiger partial charge in [-0.15, -0.1) is 0 Å². The number of carbonyl (C=O) groups excluding carboxylic acids is 1. The Morgan fingerprint density at radius 3 is 2.74 bits per heavy atom. The highest BCUT2D eigenvalue weighted by atomic mass is 79.9. The second-order valence-corrected chi connectivity index (χ2v) is 10.3. The number of unbranched alkanes of at least 4 members (excludes halogenated alkanes) is 1. The monoisotopic (exact) mass is 649 g/mol. The number of hydrogen-bond donors (Lipinski definition) is 0. The van der Waals surface area contributed by atoms with Crippen molar-refractivity contribution in [2.24, 2.45) is 5.10 Å². The van der Waals surface area contributed by atoms with Gasteiger partial charge in [-0.3, -0.25) is 19.7 Å². The Kier molecular flexibility index (Phi) is 9.23. The zero-order valence-corrected chi connectivity index (χ0v) is 23.7. The van der Waals surface area contributed by atoms with Gasteiger partial charge >= 0.3 is 5.69 Å². The molecule has 2 heterocycles. The van der Waals surface area contributed by atoms with Crippen LogP contribution >= 0.6 is 31.9 Å². The topological polar surface area (TPSA) is 129 Å². The van der Waals surface area contributed by atoms with Crippen molar-refractivity contribution in [3.05, 3.63) is 71.1 Å². The lowest BCUT2D eigenvalue weighted by atomic mass is 10.2. The van der Waals surface area contributed by atoms with E-state index in [4.69, 9.17) is 9.47 Å². The van der Waals surface area contributed by atoms with Crippen LogP contribution in [0.1, 0.15) is 31.2 Å². The molecule has 200 valence electrons. The van der Waals surface area contributed by atoms with E-state index in [0.717, 1.165) is 17.3 Å². The van der Waals surface area contributed by atoms with E-state index in [9.17, 15) is 19.7 Å². The fourth-order valence-corrected chi connectivity index (χ4v) is 4.87. The molecule has 1 aromatic heterocycles. The summed E-state index contributed by atoms with van der Waals surface area (Å²) in [6.45, 7) is 3.47. The summed E-state index contributed by atoms with van der Waals surface area (Å²) in [7, 11) is 0. The third-order valence-electron chi connectivity index (χ3n) is 5.90. The lowest BCUT2D eigenvalue weighted by Gasteiger charge is -2.26. The number of hydrogen-bond acceptors (Lipinski definition) is 8. The van der Waals surface area contributed by atoms with E-state index >= 15 is 0 Å². The van der Waals surface area contributed by atoms with Crippen molar-refractivity contribution < 1.29 is 19.2 Å². The summed E-state index contributed by atoms with van der Waals surface area (Å²) in [6, 6.07) is 8.14. The minimum absolute atomic E-state index is 0.0632. The first-order valence-corrected chi connectivity index (χ1v) is 13.6. The molecule has 0 spiro atoms. The van der Waals surface area contributed by atoms with Gasteiger partial charge in [-0.2, -0.15) is 9.78 Å². The van der Waals surface area contributed by atoms with E-state index in [0.29, 0.717) is 55.0 Å². The molecular weight excluding hydrogens is 626 g/mol. The van der Waals surface area contributed by atoms with Gasteiger partial charge in [-0.25, -0.2) is 4.98 Å². The number of aromatic nitrogens is 2.